The lowest BCUT2D eigenvalue weighted by Crippen LogP contribution is -2.56. The van der Waals surface area contributed by atoms with Gasteiger partial charge < -0.3 is 4.90 Å². The second-order valence-electron chi connectivity index (χ2n) is 8.93. The summed E-state index contributed by atoms with van der Waals surface area (Å²) in [5.41, 5.74) is -1.59. The molecule has 0 spiro atoms. The third kappa shape index (κ3) is 3.96. The van der Waals surface area contributed by atoms with E-state index >= 15 is 4.39 Å². The molecule has 0 N–H and O–H groups in total. The van der Waals surface area contributed by atoms with Gasteiger partial charge >= 0.3 is 6.18 Å². The minimum absolute atomic E-state index is 0.0703. The van der Waals surface area contributed by atoms with Crippen LogP contribution in [0, 0.1) is 5.41 Å². The molecule has 0 bridgehead atoms. The highest BCUT2D eigenvalue weighted by atomic mass is 19.4. The van der Waals surface area contributed by atoms with Crippen molar-refractivity contribution in [2.75, 3.05) is 19.6 Å². The number of carbonyl (C=O) groups is 1. The average Bonchev–Trinajstić information content (AvgIpc) is 3.68. The zero-order valence-corrected chi connectivity index (χ0v) is 17.2. The van der Waals surface area contributed by atoms with Crippen molar-refractivity contribution < 1.29 is 22.4 Å². The molecule has 2 aromatic heterocycles. The highest BCUT2D eigenvalue weighted by Gasteiger charge is 2.63. The lowest BCUT2D eigenvalue weighted by atomic mass is 9.97. The number of aromatic nitrogens is 5. The van der Waals surface area contributed by atoms with Crippen molar-refractivity contribution >= 4 is 5.91 Å². The standard InChI is InChI=1S/C20H23F4N7O/c21-14-9-29(10-19(4-5-19)20(22,23)24)6-3-16(14)31(13-1-2-13)18(32)15-7-27-17(8-26-15)30-12-25-11-28-30/h7-8,11-14,16H,1-6,9-10H2/t14-,16+/m0/s1. The van der Waals surface area contributed by atoms with Crippen molar-refractivity contribution in [2.24, 2.45) is 5.41 Å². The molecule has 2 atom stereocenters. The van der Waals surface area contributed by atoms with Gasteiger partial charge in [-0.05, 0) is 32.1 Å². The number of nitrogens with zero attached hydrogens (tertiary/aromatic N) is 7. The molecular formula is C20H23F4N7O. The first-order valence-corrected chi connectivity index (χ1v) is 10.7. The van der Waals surface area contributed by atoms with Gasteiger partial charge in [0.15, 0.2) is 5.82 Å². The van der Waals surface area contributed by atoms with Gasteiger partial charge in [0.05, 0.1) is 23.9 Å². The van der Waals surface area contributed by atoms with Crippen molar-refractivity contribution in [3.05, 3.63) is 30.7 Å². The van der Waals surface area contributed by atoms with Crippen LogP contribution < -0.4 is 0 Å². The summed E-state index contributed by atoms with van der Waals surface area (Å²) in [5, 5.41) is 3.95. The summed E-state index contributed by atoms with van der Waals surface area (Å²) >= 11 is 0. The van der Waals surface area contributed by atoms with Gasteiger partial charge in [0.25, 0.3) is 5.91 Å². The van der Waals surface area contributed by atoms with Crippen LogP contribution in [0.2, 0.25) is 0 Å². The van der Waals surface area contributed by atoms with Gasteiger partial charge in [-0.15, -0.1) is 0 Å². The number of hydrogen-bond acceptors (Lipinski definition) is 6. The maximum atomic E-state index is 15.2. The Morgan fingerprint density at radius 2 is 1.97 bits per heavy atom. The van der Waals surface area contributed by atoms with Gasteiger partial charge in [0.2, 0.25) is 0 Å². The number of amides is 1. The second kappa shape index (κ2) is 7.75. The van der Waals surface area contributed by atoms with Gasteiger partial charge in [-0.1, -0.05) is 0 Å². The highest BCUT2D eigenvalue weighted by Crippen LogP contribution is 2.58. The predicted octanol–water partition coefficient (Wildman–Crippen LogP) is 2.42. The van der Waals surface area contributed by atoms with Gasteiger partial charge in [-0.2, -0.15) is 18.3 Å². The zero-order chi connectivity index (χ0) is 22.5. The Bertz CT molecular complexity index is 957. The molecule has 3 heterocycles. The first-order valence-electron chi connectivity index (χ1n) is 10.7. The average molecular weight is 453 g/mol. The fraction of sp³-hybridized carbons (Fsp3) is 0.650. The van der Waals surface area contributed by atoms with E-state index in [1.807, 2.05) is 0 Å². The van der Waals surface area contributed by atoms with E-state index in [0.29, 0.717) is 18.8 Å². The number of hydrogen-bond donors (Lipinski definition) is 0. The summed E-state index contributed by atoms with van der Waals surface area (Å²) in [6, 6.07) is -0.747. The number of rotatable bonds is 6. The third-order valence-electron chi connectivity index (χ3n) is 6.62. The van der Waals surface area contributed by atoms with Gasteiger partial charge in [0.1, 0.15) is 24.5 Å². The molecule has 8 nitrogen and oxygen atoms in total. The van der Waals surface area contributed by atoms with Crippen LogP contribution in [-0.4, -0.2) is 84.5 Å². The molecule has 3 aliphatic rings. The fourth-order valence-electron chi connectivity index (χ4n) is 4.47. The first-order chi connectivity index (χ1) is 15.3. The van der Waals surface area contributed by atoms with Gasteiger partial charge in [-0.25, -0.2) is 24.0 Å². The summed E-state index contributed by atoms with van der Waals surface area (Å²) in [4.78, 5) is 28.5. The second-order valence-corrected chi connectivity index (χ2v) is 8.93. The largest absolute Gasteiger partial charge is 0.395 e. The molecule has 0 unspecified atom stereocenters. The Hall–Kier alpha value is -2.63. The molecule has 2 aliphatic carbocycles. The van der Waals surface area contributed by atoms with Crippen molar-refractivity contribution in [1.82, 2.24) is 34.5 Å². The fourth-order valence-corrected chi connectivity index (χ4v) is 4.47. The third-order valence-corrected chi connectivity index (χ3v) is 6.62. The first kappa shape index (κ1) is 21.2. The van der Waals surface area contributed by atoms with Crippen molar-refractivity contribution in [3.63, 3.8) is 0 Å². The van der Waals surface area contributed by atoms with Crippen molar-refractivity contribution in [3.8, 4) is 5.82 Å². The molecule has 3 fully saturated rings. The Kier molecular flexibility index (Phi) is 5.14. The molecule has 1 aliphatic heterocycles. The summed E-state index contributed by atoms with van der Waals surface area (Å²) in [7, 11) is 0. The summed E-state index contributed by atoms with van der Waals surface area (Å²) in [5.74, 6) is -0.00689. The molecule has 2 aromatic rings. The number of likely N-dealkylation sites (tertiary alicyclic amines) is 1. The lowest BCUT2D eigenvalue weighted by molar-refractivity contribution is -0.193. The lowest BCUT2D eigenvalue weighted by Gasteiger charge is -2.42. The number of halogens is 4. The molecule has 0 aromatic carbocycles. The zero-order valence-electron chi connectivity index (χ0n) is 17.2. The molecule has 5 rings (SSSR count). The van der Waals surface area contributed by atoms with Crippen LogP contribution in [-0.2, 0) is 0 Å². The Morgan fingerprint density at radius 1 is 1.19 bits per heavy atom. The minimum atomic E-state index is -4.26. The Balaban J connectivity index is 1.27. The van der Waals surface area contributed by atoms with Crippen molar-refractivity contribution in [1.29, 1.82) is 0 Å². The van der Waals surface area contributed by atoms with Gasteiger partial charge in [0, 0.05) is 25.7 Å². The highest BCUT2D eigenvalue weighted by molar-refractivity contribution is 5.92. The minimum Gasteiger partial charge on any atom is -0.328 e. The monoisotopic (exact) mass is 453 g/mol. The summed E-state index contributed by atoms with van der Waals surface area (Å²) in [6.45, 7) is 0.0580. The van der Waals surface area contributed by atoms with Crippen LogP contribution >= 0.6 is 0 Å². The molecule has 12 heteroatoms. The van der Waals surface area contributed by atoms with E-state index < -0.39 is 29.7 Å². The molecule has 2 saturated carbocycles. The van der Waals surface area contributed by atoms with E-state index in [0.717, 1.165) is 12.8 Å². The summed E-state index contributed by atoms with van der Waals surface area (Å²) < 4.78 is 56.4. The molecule has 32 heavy (non-hydrogen) atoms. The normalized spacial score (nSPS) is 25.5. The van der Waals surface area contributed by atoms with E-state index in [9.17, 15) is 18.0 Å². The van der Waals surface area contributed by atoms with E-state index in [-0.39, 0.29) is 37.7 Å². The molecule has 1 amide bonds. The maximum absolute atomic E-state index is 15.2. The number of piperidine rings is 1. The van der Waals surface area contributed by atoms with E-state index in [1.54, 1.807) is 4.90 Å². The van der Waals surface area contributed by atoms with Crippen LogP contribution in [0.25, 0.3) is 5.82 Å². The molecular weight excluding hydrogens is 430 g/mol. The summed E-state index contributed by atoms with van der Waals surface area (Å²) in [6.07, 6.45) is 1.90. The van der Waals surface area contributed by atoms with Crippen LogP contribution in [0.1, 0.15) is 42.6 Å². The SMILES string of the molecule is O=C(c1cnc(-n2cncn2)cn1)N(C1CC1)[C@@H]1CCN(CC2(C(F)(F)F)CC2)C[C@@H]1F. The predicted molar refractivity (Wildman–Crippen MR) is 104 cm³/mol. The van der Waals surface area contributed by atoms with Crippen molar-refractivity contribution in [2.45, 2.75) is 56.5 Å². The van der Waals surface area contributed by atoms with E-state index in [1.165, 1.54) is 34.6 Å². The van der Waals surface area contributed by atoms with Crippen LogP contribution in [0.5, 0.6) is 0 Å². The smallest absolute Gasteiger partial charge is 0.328 e. The number of carbonyl (C=O) groups excluding carboxylic acids is 1. The number of alkyl halides is 4. The van der Waals surface area contributed by atoms with E-state index in [4.69, 9.17) is 0 Å². The molecule has 1 saturated heterocycles. The quantitative estimate of drug-likeness (QED) is 0.625. The van der Waals surface area contributed by atoms with Gasteiger partial charge in [-0.3, -0.25) is 9.69 Å². The van der Waals surface area contributed by atoms with Crippen LogP contribution in [0.4, 0.5) is 17.6 Å². The maximum Gasteiger partial charge on any atom is 0.395 e. The topological polar surface area (TPSA) is 80.0 Å². The Labute approximate surface area is 181 Å². The van der Waals surface area contributed by atoms with Crippen LogP contribution in [0.3, 0.4) is 0 Å². The molecule has 172 valence electrons. The molecule has 0 radical (unpaired) electrons. The van der Waals surface area contributed by atoms with E-state index in [2.05, 4.69) is 20.1 Å². The van der Waals surface area contributed by atoms with Crippen LogP contribution in [0.15, 0.2) is 25.0 Å². The Morgan fingerprint density at radius 3 is 2.50 bits per heavy atom.